The lowest BCUT2D eigenvalue weighted by Gasteiger charge is -2.36. The Balaban J connectivity index is 2.10. The predicted octanol–water partition coefficient (Wildman–Crippen LogP) is 2.65. The minimum Gasteiger partial charge on any atom is -0.352 e. The van der Waals surface area contributed by atoms with Crippen LogP contribution < -0.4 is 14.5 Å². The van der Waals surface area contributed by atoms with Gasteiger partial charge in [0, 0.05) is 6.04 Å². The van der Waals surface area contributed by atoms with E-state index in [-0.39, 0.29) is 34.8 Å². The summed E-state index contributed by atoms with van der Waals surface area (Å²) in [6.07, 6.45) is 0. The normalized spacial score (nSPS) is 15.6. The fraction of sp³-hybridized carbons (Fsp3) is 0.263. The zero-order valence-corrected chi connectivity index (χ0v) is 16.2. The van der Waals surface area contributed by atoms with E-state index in [9.17, 15) is 18.0 Å². The van der Waals surface area contributed by atoms with Crippen LogP contribution in [0.25, 0.3) is 0 Å². The number of sulfonamides is 1. The molecule has 1 heterocycles. The molecule has 8 heteroatoms. The first kappa shape index (κ1) is 18.9. The minimum absolute atomic E-state index is 0.0116. The first-order valence-electron chi connectivity index (χ1n) is 8.53. The fourth-order valence-electron chi connectivity index (χ4n) is 2.91. The van der Waals surface area contributed by atoms with Gasteiger partial charge in [0.1, 0.15) is 11.4 Å². The summed E-state index contributed by atoms with van der Waals surface area (Å²) in [5.41, 5.74) is 1.37. The molecule has 0 spiro atoms. The number of fused-ring (bicyclic) bond motifs is 1. The Bertz CT molecular complexity index is 984. The molecule has 1 aliphatic rings. The molecule has 0 saturated heterocycles. The quantitative estimate of drug-likeness (QED) is 0.874. The number of carbonyl (C=O) groups excluding carboxylic acids is 2. The van der Waals surface area contributed by atoms with Gasteiger partial charge < -0.3 is 5.32 Å². The summed E-state index contributed by atoms with van der Waals surface area (Å²) in [5.74, 6) is -0.365. The summed E-state index contributed by atoms with van der Waals surface area (Å²) in [5, 5.41) is 2.72. The number of aryl methyl sites for hydroxylation is 1. The fourth-order valence-corrected chi connectivity index (χ4v) is 4.50. The number of hydrogen-bond donors (Lipinski definition) is 1. The number of nitrogens with zero attached hydrogens (tertiary/aromatic N) is 2. The van der Waals surface area contributed by atoms with Crippen LogP contribution in [0.3, 0.4) is 0 Å². The summed E-state index contributed by atoms with van der Waals surface area (Å²) in [6.45, 7) is 5.22. The number of carbonyl (C=O) groups is 2. The standard InChI is InChI=1S/C19H21N3O4S/c1-13(2)20-18(23)12-21-16-6-4-5-7-17(16)27(25,26)22(19(21)24)15-10-8-14(3)9-11-15/h4-11,13H,12H2,1-3H3,(H,20,23). The highest BCUT2D eigenvalue weighted by Crippen LogP contribution is 2.36. The molecule has 0 saturated carbocycles. The van der Waals surface area contributed by atoms with Crippen molar-refractivity contribution in [1.29, 1.82) is 0 Å². The Labute approximate surface area is 158 Å². The number of anilines is 2. The van der Waals surface area contributed by atoms with Gasteiger partial charge in [-0.1, -0.05) is 29.8 Å². The van der Waals surface area contributed by atoms with Crippen molar-refractivity contribution in [1.82, 2.24) is 5.32 Å². The molecule has 0 aliphatic carbocycles. The monoisotopic (exact) mass is 387 g/mol. The molecule has 0 aromatic heterocycles. The lowest BCUT2D eigenvalue weighted by molar-refractivity contribution is -0.120. The maximum absolute atomic E-state index is 13.1. The van der Waals surface area contributed by atoms with Crippen LogP contribution >= 0.6 is 0 Å². The van der Waals surface area contributed by atoms with Crippen molar-refractivity contribution >= 4 is 33.3 Å². The van der Waals surface area contributed by atoms with Gasteiger partial charge in [-0.15, -0.1) is 0 Å². The third kappa shape index (κ3) is 3.52. The first-order valence-corrected chi connectivity index (χ1v) is 9.97. The van der Waals surface area contributed by atoms with Crippen LogP contribution in [0.1, 0.15) is 19.4 Å². The molecule has 27 heavy (non-hydrogen) atoms. The molecule has 0 fully saturated rings. The molecule has 142 valence electrons. The molecule has 3 rings (SSSR count). The van der Waals surface area contributed by atoms with Gasteiger partial charge in [-0.05, 0) is 45.0 Å². The van der Waals surface area contributed by atoms with Crippen molar-refractivity contribution in [2.45, 2.75) is 31.7 Å². The molecular weight excluding hydrogens is 366 g/mol. The Morgan fingerprint density at radius 2 is 1.70 bits per heavy atom. The van der Waals surface area contributed by atoms with Crippen molar-refractivity contribution in [3.8, 4) is 0 Å². The lowest BCUT2D eigenvalue weighted by Crippen LogP contribution is -2.54. The number of para-hydroxylation sites is 1. The number of rotatable bonds is 4. The van der Waals surface area contributed by atoms with Gasteiger partial charge >= 0.3 is 6.03 Å². The van der Waals surface area contributed by atoms with E-state index >= 15 is 0 Å². The molecule has 0 bridgehead atoms. The van der Waals surface area contributed by atoms with E-state index in [1.165, 1.54) is 17.0 Å². The molecule has 0 radical (unpaired) electrons. The van der Waals surface area contributed by atoms with Crippen LogP contribution in [0.2, 0.25) is 0 Å². The van der Waals surface area contributed by atoms with E-state index < -0.39 is 16.1 Å². The lowest BCUT2D eigenvalue weighted by atomic mass is 10.2. The van der Waals surface area contributed by atoms with Crippen LogP contribution in [0.4, 0.5) is 16.2 Å². The third-order valence-corrected chi connectivity index (χ3v) is 5.85. The van der Waals surface area contributed by atoms with Crippen LogP contribution in [-0.2, 0) is 14.8 Å². The molecule has 0 unspecified atom stereocenters. The second kappa shape index (κ2) is 7.03. The second-order valence-corrected chi connectivity index (χ2v) is 8.42. The van der Waals surface area contributed by atoms with Crippen molar-refractivity contribution in [3.05, 3.63) is 54.1 Å². The zero-order chi connectivity index (χ0) is 19.8. The average Bonchev–Trinajstić information content (AvgIpc) is 2.60. The maximum Gasteiger partial charge on any atom is 0.343 e. The van der Waals surface area contributed by atoms with E-state index in [1.807, 2.05) is 20.8 Å². The molecule has 7 nitrogen and oxygen atoms in total. The van der Waals surface area contributed by atoms with Crippen LogP contribution in [0.15, 0.2) is 53.4 Å². The third-order valence-electron chi connectivity index (χ3n) is 4.10. The summed E-state index contributed by atoms with van der Waals surface area (Å²) < 4.78 is 26.9. The van der Waals surface area contributed by atoms with Gasteiger partial charge in [-0.3, -0.25) is 9.69 Å². The number of hydrogen-bond acceptors (Lipinski definition) is 4. The van der Waals surface area contributed by atoms with Crippen LogP contribution in [-0.4, -0.2) is 32.9 Å². The largest absolute Gasteiger partial charge is 0.352 e. The SMILES string of the molecule is Cc1ccc(N2C(=O)N(CC(=O)NC(C)C)c3ccccc3S2(=O)=O)cc1. The number of benzene rings is 2. The van der Waals surface area contributed by atoms with Crippen molar-refractivity contribution in [2.75, 3.05) is 15.7 Å². The predicted molar refractivity (Wildman–Crippen MR) is 103 cm³/mol. The first-order chi connectivity index (χ1) is 12.7. The number of nitrogens with one attached hydrogen (secondary N) is 1. The minimum atomic E-state index is -4.08. The van der Waals surface area contributed by atoms with Gasteiger partial charge in [0.05, 0.1) is 11.4 Å². The summed E-state index contributed by atoms with van der Waals surface area (Å²) in [4.78, 5) is 26.5. The molecule has 1 aliphatic heterocycles. The Morgan fingerprint density at radius 3 is 2.33 bits per heavy atom. The molecular formula is C19H21N3O4S. The van der Waals surface area contributed by atoms with Gasteiger partial charge in [0.15, 0.2) is 0 Å². The molecule has 3 amide bonds. The van der Waals surface area contributed by atoms with Crippen LogP contribution in [0.5, 0.6) is 0 Å². The highest BCUT2D eigenvalue weighted by atomic mass is 32.2. The molecule has 1 N–H and O–H groups in total. The zero-order valence-electron chi connectivity index (χ0n) is 15.3. The topological polar surface area (TPSA) is 86.8 Å². The van der Waals surface area contributed by atoms with Gasteiger partial charge in [-0.2, -0.15) is 4.31 Å². The maximum atomic E-state index is 13.1. The van der Waals surface area contributed by atoms with Crippen molar-refractivity contribution < 1.29 is 18.0 Å². The van der Waals surface area contributed by atoms with Crippen molar-refractivity contribution in [3.63, 3.8) is 0 Å². The van der Waals surface area contributed by atoms with Gasteiger partial charge in [0.25, 0.3) is 10.0 Å². The highest BCUT2D eigenvalue weighted by molar-refractivity contribution is 7.94. The van der Waals surface area contributed by atoms with E-state index in [2.05, 4.69) is 5.32 Å². The van der Waals surface area contributed by atoms with Gasteiger partial charge in [-0.25, -0.2) is 13.2 Å². The molecule has 2 aromatic rings. The smallest absolute Gasteiger partial charge is 0.343 e. The van der Waals surface area contributed by atoms with Gasteiger partial charge in [0.2, 0.25) is 5.91 Å². The van der Waals surface area contributed by atoms with E-state index in [4.69, 9.17) is 0 Å². The number of urea groups is 1. The average molecular weight is 387 g/mol. The summed E-state index contributed by atoms with van der Waals surface area (Å²) in [6, 6.07) is 11.9. The Morgan fingerprint density at radius 1 is 1.07 bits per heavy atom. The molecule has 2 aromatic carbocycles. The highest BCUT2D eigenvalue weighted by Gasteiger charge is 2.42. The number of amides is 3. The van der Waals surface area contributed by atoms with E-state index in [0.717, 1.165) is 9.87 Å². The van der Waals surface area contributed by atoms with Crippen molar-refractivity contribution in [2.24, 2.45) is 0 Å². The molecule has 0 atom stereocenters. The van der Waals surface area contributed by atoms with E-state index in [0.29, 0.717) is 0 Å². The summed E-state index contributed by atoms with van der Waals surface area (Å²) >= 11 is 0. The Kier molecular flexibility index (Phi) is 4.93. The Hall–Kier alpha value is -2.87. The van der Waals surface area contributed by atoms with Crippen LogP contribution in [0, 0.1) is 6.92 Å². The van der Waals surface area contributed by atoms with E-state index in [1.54, 1.807) is 36.4 Å². The summed E-state index contributed by atoms with van der Waals surface area (Å²) in [7, 11) is -4.08. The second-order valence-electron chi connectivity index (χ2n) is 6.66.